The second-order valence-corrected chi connectivity index (χ2v) is 13.1. The Balaban J connectivity index is 1.34. The second kappa shape index (κ2) is 15.7. The van der Waals surface area contributed by atoms with E-state index < -0.39 is 35.5 Å². The monoisotopic (exact) mass is 663 g/mol. The molecule has 0 bridgehead atoms. The quantitative estimate of drug-likeness (QED) is 0.271. The summed E-state index contributed by atoms with van der Waals surface area (Å²) in [6.45, 7) is 8.27. The highest BCUT2D eigenvalue weighted by Gasteiger charge is 2.35. The molecular formula is C35H46FN7O5. The summed E-state index contributed by atoms with van der Waals surface area (Å²) in [5.41, 5.74) is 1.45. The molecule has 12 nitrogen and oxygen atoms in total. The Bertz CT molecular complexity index is 1610. The number of aromatic nitrogens is 3. The lowest BCUT2D eigenvalue weighted by molar-refractivity contribution is -0.135. The summed E-state index contributed by atoms with van der Waals surface area (Å²) < 4.78 is 22.5. The van der Waals surface area contributed by atoms with E-state index in [1.165, 1.54) is 18.2 Å². The SMILES string of the molecule is CCn1nccc1C(=O)C[C@H](C(=O)Nc1ccc([C@H](C)[C@@H](NC(=O)c2cc(C)no2)C(=O)N2CCN(C)CC2)cc1F)C1CCCCC1. The maximum absolute atomic E-state index is 15.7. The zero-order valence-corrected chi connectivity index (χ0v) is 28.2. The number of hydrogen-bond donors (Lipinski definition) is 2. The van der Waals surface area contributed by atoms with Crippen molar-refractivity contribution in [1.82, 2.24) is 30.1 Å². The van der Waals surface area contributed by atoms with Gasteiger partial charge in [0.15, 0.2) is 5.78 Å². The molecule has 0 radical (unpaired) electrons. The number of rotatable bonds is 12. The fraction of sp³-hybridized carbons (Fsp3) is 0.543. The van der Waals surface area contributed by atoms with Gasteiger partial charge in [-0.2, -0.15) is 5.10 Å². The molecule has 2 fully saturated rings. The van der Waals surface area contributed by atoms with E-state index in [0.717, 1.165) is 32.1 Å². The first-order valence-electron chi connectivity index (χ1n) is 16.9. The van der Waals surface area contributed by atoms with E-state index in [4.69, 9.17) is 4.52 Å². The highest BCUT2D eigenvalue weighted by molar-refractivity contribution is 6.00. The lowest BCUT2D eigenvalue weighted by Gasteiger charge is -2.36. The van der Waals surface area contributed by atoms with E-state index in [-0.39, 0.29) is 35.5 Å². The Morgan fingerprint density at radius 1 is 1.04 bits per heavy atom. The number of anilines is 1. The fourth-order valence-corrected chi connectivity index (χ4v) is 6.78. The normalized spacial score (nSPS) is 17.8. The van der Waals surface area contributed by atoms with Crippen LogP contribution in [0.3, 0.4) is 0 Å². The number of nitrogens with one attached hydrogen (secondary N) is 2. The number of ketones is 1. The van der Waals surface area contributed by atoms with Gasteiger partial charge in [-0.1, -0.05) is 37.4 Å². The molecule has 0 spiro atoms. The minimum Gasteiger partial charge on any atom is -0.351 e. The van der Waals surface area contributed by atoms with Gasteiger partial charge in [-0.05, 0) is 63.4 Å². The summed E-state index contributed by atoms with van der Waals surface area (Å²) in [4.78, 5) is 57.8. The maximum Gasteiger partial charge on any atom is 0.290 e. The Kier molecular flexibility index (Phi) is 11.4. The molecule has 3 atom stereocenters. The number of piperazine rings is 1. The van der Waals surface area contributed by atoms with Crippen molar-refractivity contribution in [3.63, 3.8) is 0 Å². The number of amides is 3. The van der Waals surface area contributed by atoms with Crippen LogP contribution in [0.1, 0.15) is 90.6 Å². The molecular weight excluding hydrogens is 617 g/mol. The average Bonchev–Trinajstić information content (AvgIpc) is 3.76. The molecule has 3 aromatic rings. The van der Waals surface area contributed by atoms with Crippen molar-refractivity contribution in [3.8, 4) is 0 Å². The molecule has 2 N–H and O–H groups in total. The molecule has 3 amide bonds. The van der Waals surface area contributed by atoms with E-state index in [1.54, 1.807) is 41.8 Å². The number of carbonyl (C=O) groups is 4. The predicted molar refractivity (Wildman–Crippen MR) is 177 cm³/mol. The van der Waals surface area contributed by atoms with Crippen LogP contribution in [0, 0.1) is 24.6 Å². The highest BCUT2D eigenvalue weighted by Crippen LogP contribution is 2.34. The number of hydrogen-bond acceptors (Lipinski definition) is 8. The van der Waals surface area contributed by atoms with Crippen LogP contribution in [-0.2, 0) is 16.1 Å². The minimum atomic E-state index is -1.01. The topological polar surface area (TPSA) is 143 Å². The van der Waals surface area contributed by atoms with Crippen LogP contribution < -0.4 is 10.6 Å². The molecule has 5 rings (SSSR count). The molecule has 1 aromatic carbocycles. The first kappa shape index (κ1) is 34.9. The third-order valence-electron chi connectivity index (χ3n) is 9.76. The third-order valence-corrected chi connectivity index (χ3v) is 9.76. The van der Waals surface area contributed by atoms with Gasteiger partial charge < -0.3 is 25.0 Å². The van der Waals surface area contributed by atoms with Crippen LogP contribution in [0.5, 0.6) is 0 Å². The first-order valence-corrected chi connectivity index (χ1v) is 16.9. The Hall–Kier alpha value is -4.39. The summed E-state index contributed by atoms with van der Waals surface area (Å²) in [7, 11) is 1.98. The standard InChI is InChI=1S/C35H46FN7O5/c1-5-43-29(13-14-37-43)30(44)21-26(24-9-7-6-8-10-24)33(45)38-28-12-11-25(20-27(28)36)23(3)32(35(47)42-17-15-41(4)16-18-42)39-34(46)31-19-22(2)40-48-31/h11-14,19-20,23-24,26,32H,5-10,15-18,21H2,1-4H3,(H,38,45)(H,39,46)/t23-,26-,32+/m0/s1. The van der Waals surface area contributed by atoms with Crippen molar-refractivity contribution in [1.29, 1.82) is 0 Å². The molecule has 1 saturated heterocycles. The Morgan fingerprint density at radius 2 is 1.77 bits per heavy atom. The van der Waals surface area contributed by atoms with Crippen molar-refractivity contribution in [2.24, 2.45) is 11.8 Å². The maximum atomic E-state index is 15.7. The van der Waals surface area contributed by atoms with Gasteiger partial charge in [-0.25, -0.2) is 4.39 Å². The molecule has 48 heavy (non-hydrogen) atoms. The summed E-state index contributed by atoms with van der Waals surface area (Å²) in [5, 5.41) is 13.5. The summed E-state index contributed by atoms with van der Waals surface area (Å²) >= 11 is 0. The van der Waals surface area contributed by atoms with E-state index in [0.29, 0.717) is 49.7 Å². The van der Waals surface area contributed by atoms with Crippen LogP contribution in [0.25, 0.3) is 0 Å². The van der Waals surface area contributed by atoms with Gasteiger partial charge in [0, 0.05) is 63.2 Å². The third kappa shape index (κ3) is 8.18. The number of carbonyl (C=O) groups excluding carboxylic acids is 4. The molecule has 258 valence electrons. The molecule has 0 unspecified atom stereocenters. The molecule has 1 aliphatic carbocycles. The van der Waals surface area contributed by atoms with E-state index >= 15 is 4.39 Å². The summed E-state index contributed by atoms with van der Waals surface area (Å²) in [5.74, 6) is -3.35. The number of nitrogens with zero attached hydrogens (tertiary/aromatic N) is 5. The average molecular weight is 664 g/mol. The van der Waals surface area contributed by atoms with Gasteiger partial charge >= 0.3 is 0 Å². The van der Waals surface area contributed by atoms with Gasteiger partial charge in [0.05, 0.1) is 11.4 Å². The predicted octanol–water partition coefficient (Wildman–Crippen LogP) is 4.42. The van der Waals surface area contributed by atoms with E-state index in [2.05, 4.69) is 25.8 Å². The summed E-state index contributed by atoms with van der Waals surface area (Å²) in [6, 6.07) is 6.56. The van der Waals surface area contributed by atoms with Gasteiger partial charge in [-0.3, -0.25) is 23.9 Å². The fourth-order valence-electron chi connectivity index (χ4n) is 6.78. The van der Waals surface area contributed by atoms with Crippen molar-refractivity contribution >= 4 is 29.2 Å². The smallest absolute Gasteiger partial charge is 0.290 e. The highest BCUT2D eigenvalue weighted by atomic mass is 19.1. The second-order valence-electron chi connectivity index (χ2n) is 13.1. The van der Waals surface area contributed by atoms with E-state index in [9.17, 15) is 19.2 Å². The largest absolute Gasteiger partial charge is 0.351 e. The minimum absolute atomic E-state index is 0.00840. The van der Waals surface area contributed by atoms with Crippen LogP contribution >= 0.6 is 0 Å². The van der Waals surface area contributed by atoms with Gasteiger partial charge in [0.25, 0.3) is 5.91 Å². The lowest BCUT2D eigenvalue weighted by Crippen LogP contribution is -2.55. The summed E-state index contributed by atoms with van der Waals surface area (Å²) in [6.07, 6.45) is 6.31. The molecule has 2 aliphatic rings. The molecule has 2 aromatic heterocycles. The number of aryl methyl sites for hydroxylation is 2. The zero-order valence-electron chi connectivity index (χ0n) is 28.2. The molecule has 13 heteroatoms. The van der Waals surface area contributed by atoms with Crippen molar-refractivity contribution < 1.29 is 28.1 Å². The van der Waals surface area contributed by atoms with Crippen molar-refractivity contribution in [3.05, 3.63) is 65.1 Å². The van der Waals surface area contributed by atoms with Gasteiger partial charge in [0.1, 0.15) is 17.6 Å². The Morgan fingerprint density at radius 3 is 2.42 bits per heavy atom. The van der Waals surface area contributed by atoms with Crippen LogP contribution in [0.2, 0.25) is 0 Å². The molecule has 3 heterocycles. The first-order chi connectivity index (χ1) is 23.0. The van der Waals surface area contributed by atoms with Crippen LogP contribution in [-0.4, -0.2) is 87.5 Å². The van der Waals surface area contributed by atoms with Gasteiger partial charge in [0.2, 0.25) is 17.6 Å². The zero-order chi connectivity index (χ0) is 34.4. The van der Waals surface area contributed by atoms with Crippen molar-refractivity contribution in [2.45, 2.75) is 77.8 Å². The number of halogens is 1. The number of benzene rings is 1. The Labute approximate surface area is 280 Å². The van der Waals surface area contributed by atoms with Crippen molar-refractivity contribution in [2.75, 3.05) is 38.5 Å². The molecule has 1 aliphatic heterocycles. The van der Waals surface area contributed by atoms with E-state index in [1.807, 2.05) is 14.0 Å². The lowest BCUT2D eigenvalue weighted by atomic mass is 9.77. The van der Waals surface area contributed by atoms with Crippen LogP contribution in [0.4, 0.5) is 10.1 Å². The molecule has 1 saturated carbocycles. The van der Waals surface area contributed by atoms with Gasteiger partial charge in [-0.15, -0.1) is 0 Å². The van der Waals surface area contributed by atoms with Crippen LogP contribution in [0.15, 0.2) is 41.1 Å². The number of likely N-dealkylation sites (N-methyl/N-ethyl adjacent to an activating group) is 1. The number of Topliss-reactive ketones (excluding diaryl/α,β-unsaturated/α-hetero) is 1.